The summed E-state index contributed by atoms with van der Waals surface area (Å²) in [6, 6.07) is 26.2. The number of carbonyl (C=O) groups is 2. The van der Waals surface area contributed by atoms with Crippen molar-refractivity contribution in [3.05, 3.63) is 143 Å². The van der Waals surface area contributed by atoms with Gasteiger partial charge in [-0.1, -0.05) is 72.6 Å². The highest BCUT2D eigenvalue weighted by Crippen LogP contribution is 2.62. The van der Waals surface area contributed by atoms with E-state index in [9.17, 15) is 24.2 Å². The number of ether oxygens (including phenoxy) is 4. The minimum Gasteiger partial charge on any atom is -0.496 e. The van der Waals surface area contributed by atoms with Gasteiger partial charge in [0.1, 0.15) is 41.5 Å². The van der Waals surface area contributed by atoms with Crippen LogP contribution in [0.25, 0.3) is 0 Å². The van der Waals surface area contributed by atoms with Crippen LogP contribution in [0.2, 0.25) is 0 Å². The summed E-state index contributed by atoms with van der Waals surface area (Å²) in [6.45, 7) is 4.73. The van der Waals surface area contributed by atoms with Crippen LogP contribution in [0.1, 0.15) is 90.8 Å². The Labute approximate surface area is 380 Å². The van der Waals surface area contributed by atoms with E-state index in [1.165, 1.54) is 19.2 Å². The van der Waals surface area contributed by atoms with Gasteiger partial charge in [0.25, 0.3) is 0 Å². The van der Waals surface area contributed by atoms with E-state index in [-0.39, 0.29) is 74.8 Å². The molecule has 65 heavy (non-hydrogen) atoms. The second kappa shape index (κ2) is 21.0. The first kappa shape index (κ1) is 45.7. The van der Waals surface area contributed by atoms with Crippen molar-refractivity contribution >= 4 is 17.9 Å². The SMILES string of the molecule is C=CCO[C@@]12Oc3ccc(Oc4ccc(OC)c(C=O)c4)cc3[C@H]3[C@H](CCCCO)[C@@H](CCCCO)C=C(C(=NOCc4ccccc4)C[C@@H]1N(Cc1ccc(F)cc1)C(=O)C1CC1)[C@H]32. The van der Waals surface area contributed by atoms with Crippen LogP contribution < -0.4 is 14.2 Å². The van der Waals surface area contributed by atoms with Crippen LogP contribution in [0.5, 0.6) is 23.0 Å². The molecule has 4 aliphatic rings. The molecule has 6 atom stereocenters. The Balaban J connectivity index is 1.33. The minimum atomic E-state index is -1.46. The van der Waals surface area contributed by atoms with E-state index < -0.39 is 17.7 Å². The largest absolute Gasteiger partial charge is 0.496 e. The lowest BCUT2D eigenvalue weighted by atomic mass is 9.55. The van der Waals surface area contributed by atoms with Crippen LogP contribution in [0, 0.1) is 29.5 Å². The van der Waals surface area contributed by atoms with E-state index in [1.807, 2.05) is 53.4 Å². The fourth-order valence-corrected chi connectivity index (χ4v) is 10.2. The maximum absolute atomic E-state index is 14.9. The third kappa shape index (κ3) is 10.0. The van der Waals surface area contributed by atoms with Crippen LogP contribution in [0.4, 0.5) is 4.39 Å². The Kier molecular flexibility index (Phi) is 14.8. The van der Waals surface area contributed by atoms with Crippen molar-refractivity contribution in [2.45, 2.75) is 88.7 Å². The summed E-state index contributed by atoms with van der Waals surface area (Å²) in [6.07, 6.45) is 10.9. The Morgan fingerprint density at radius 1 is 0.938 bits per heavy atom. The minimum absolute atomic E-state index is 0.00355. The van der Waals surface area contributed by atoms with Crippen LogP contribution in [0.15, 0.2) is 120 Å². The van der Waals surface area contributed by atoms with Crippen molar-refractivity contribution in [3.63, 3.8) is 0 Å². The molecule has 2 N–H and O–H groups in total. The summed E-state index contributed by atoms with van der Waals surface area (Å²) in [4.78, 5) is 35.0. The van der Waals surface area contributed by atoms with E-state index in [1.54, 1.807) is 36.4 Å². The average molecular weight is 887 g/mol. The molecule has 4 aromatic carbocycles. The van der Waals surface area contributed by atoms with Gasteiger partial charge in [-0.05, 0) is 116 Å². The van der Waals surface area contributed by atoms with Crippen molar-refractivity contribution in [2.75, 3.05) is 26.9 Å². The predicted molar refractivity (Wildman–Crippen MR) is 244 cm³/mol. The van der Waals surface area contributed by atoms with Gasteiger partial charge in [0, 0.05) is 43.6 Å². The molecule has 342 valence electrons. The highest BCUT2D eigenvalue weighted by atomic mass is 19.1. The first-order valence-electron chi connectivity index (χ1n) is 22.9. The number of aliphatic hydroxyl groups is 2. The zero-order chi connectivity index (χ0) is 45.3. The molecule has 1 amide bonds. The summed E-state index contributed by atoms with van der Waals surface area (Å²) in [5.41, 5.74) is 4.57. The van der Waals surface area contributed by atoms with Gasteiger partial charge in [0.05, 0.1) is 30.9 Å². The number of benzene rings is 4. The van der Waals surface area contributed by atoms with Gasteiger partial charge in [-0.2, -0.15) is 0 Å². The number of oxime groups is 1. The van der Waals surface area contributed by atoms with Crippen molar-refractivity contribution in [3.8, 4) is 23.0 Å². The number of amides is 1. The number of aliphatic hydroxyl groups excluding tert-OH is 2. The lowest BCUT2D eigenvalue weighted by molar-refractivity contribution is -0.258. The first-order chi connectivity index (χ1) is 31.8. The molecule has 0 spiro atoms. The Hall–Kier alpha value is -5.82. The van der Waals surface area contributed by atoms with Gasteiger partial charge < -0.3 is 38.9 Å². The Bertz CT molecular complexity index is 2350. The molecule has 1 aliphatic heterocycles. The van der Waals surface area contributed by atoms with Gasteiger partial charge in [-0.25, -0.2) is 4.39 Å². The van der Waals surface area contributed by atoms with Gasteiger partial charge in [-0.15, -0.1) is 6.58 Å². The van der Waals surface area contributed by atoms with Crippen LogP contribution in [-0.4, -0.2) is 71.8 Å². The molecule has 3 aliphatic carbocycles. The summed E-state index contributed by atoms with van der Waals surface area (Å²) in [5, 5.41) is 24.9. The van der Waals surface area contributed by atoms with Crippen molar-refractivity contribution in [2.24, 2.45) is 28.8 Å². The van der Waals surface area contributed by atoms with Crippen LogP contribution in [-0.2, 0) is 27.5 Å². The number of hydrogen-bond acceptors (Lipinski definition) is 10. The second-order valence-corrected chi connectivity index (χ2v) is 17.5. The van der Waals surface area contributed by atoms with Crippen LogP contribution >= 0.6 is 0 Å². The summed E-state index contributed by atoms with van der Waals surface area (Å²) >= 11 is 0. The molecule has 4 aromatic rings. The van der Waals surface area contributed by atoms with E-state index in [4.69, 9.17) is 28.9 Å². The van der Waals surface area contributed by atoms with Crippen molar-refractivity contribution < 1.29 is 48.0 Å². The highest BCUT2D eigenvalue weighted by Gasteiger charge is 2.66. The zero-order valence-electron chi connectivity index (χ0n) is 37.0. The molecule has 2 fully saturated rings. The van der Waals surface area contributed by atoms with E-state index in [0.717, 1.165) is 67.1 Å². The number of aldehydes is 1. The number of hydrogen-bond donors (Lipinski definition) is 2. The lowest BCUT2D eigenvalue weighted by Gasteiger charge is -2.60. The second-order valence-electron chi connectivity index (χ2n) is 17.5. The Morgan fingerprint density at radius 3 is 2.38 bits per heavy atom. The van der Waals surface area contributed by atoms with E-state index >= 15 is 0 Å². The fourth-order valence-electron chi connectivity index (χ4n) is 10.2. The first-order valence-corrected chi connectivity index (χ1v) is 22.9. The normalized spacial score (nSPS) is 23.6. The number of halogens is 1. The molecule has 0 saturated heterocycles. The molecular weight excluding hydrogens is 828 g/mol. The van der Waals surface area contributed by atoms with Gasteiger partial charge in [0.15, 0.2) is 6.29 Å². The van der Waals surface area contributed by atoms with Gasteiger partial charge in [0.2, 0.25) is 11.7 Å². The number of allylic oxidation sites excluding steroid dienone is 1. The average Bonchev–Trinajstić information content (AvgIpc) is 4.18. The molecule has 0 aromatic heterocycles. The predicted octanol–water partition coefficient (Wildman–Crippen LogP) is 9.71. The number of methoxy groups -OCH3 is 1. The molecule has 0 bridgehead atoms. The number of carbonyl (C=O) groups excluding carboxylic acids is 2. The maximum Gasteiger partial charge on any atom is 0.239 e. The zero-order valence-corrected chi connectivity index (χ0v) is 37.0. The molecular formula is C53H59FN2O9. The number of unbranched alkanes of at least 4 members (excludes halogenated alkanes) is 2. The van der Waals surface area contributed by atoms with Gasteiger partial charge >= 0.3 is 0 Å². The Morgan fingerprint density at radius 2 is 1.68 bits per heavy atom. The third-order valence-corrected chi connectivity index (χ3v) is 13.3. The topological polar surface area (TPSA) is 136 Å². The number of nitrogens with zero attached hydrogens (tertiary/aromatic N) is 2. The molecule has 12 heteroatoms. The van der Waals surface area contributed by atoms with Crippen molar-refractivity contribution in [1.29, 1.82) is 0 Å². The summed E-state index contributed by atoms with van der Waals surface area (Å²) in [5.74, 6) is -0.794. The molecule has 1 heterocycles. The number of fused-ring (bicyclic) bond motifs is 2. The highest BCUT2D eigenvalue weighted by molar-refractivity contribution is 6.03. The maximum atomic E-state index is 14.9. The molecule has 2 saturated carbocycles. The monoisotopic (exact) mass is 886 g/mol. The van der Waals surface area contributed by atoms with E-state index in [2.05, 4.69) is 12.7 Å². The molecule has 8 rings (SSSR count). The van der Waals surface area contributed by atoms with Gasteiger partial charge in [-0.3, -0.25) is 9.59 Å². The fraction of sp³-hybridized carbons (Fsp3) is 0.415. The number of rotatable bonds is 22. The molecule has 0 unspecified atom stereocenters. The summed E-state index contributed by atoms with van der Waals surface area (Å²) in [7, 11) is 1.51. The van der Waals surface area contributed by atoms with Crippen molar-refractivity contribution in [1.82, 2.24) is 4.90 Å². The molecule has 11 nitrogen and oxygen atoms in total. The molecule has 0 radical (unpaired) electrons. The third-order valence-electron chi connectivity index (χ3n) is 13.3. The van der Waals surface area contributed by atoms with Crippen LogP contribution in [0.3, 0.4) is 0 Å². The summed E-state index contributed by atoms with van der Waals surface area (Å²) < 4.78 is 40.8. The quantitative estimate of drug-likeness (QED) is 0.0342. The standard InChI is InChI=1S/C53H59FN2O9/c1-3-27-62-53-49(56(52(60)37-17-18-37)32-35-15-19-40(54)20-16-35)31-46(55-63-34-36-11-5-4-6-12-36)44-29-38(13-7-9-25-57)43(14-8-10-26-58)50(51(44)53)45-30-42(22-24-48(45)65-53)64-41-21-23-47(61-2)39(28-41)33-59/h3-6,11-12,15-16,19-24,28-30,33,37-38,43,49-51,57-58H,1,7-10,13-14,17-18,25-27,31-32,34H2,2H3/t38-,43+,49-,50+,51+,53+/m0/s1. The van der Waals surface area contributed by atoms with E-state index in [0.29, 0.717) is 47.1 Å². The smallest absolute Gasteiger partial charge is 0.239 e. The lowest BCUT2D eigenvalue weighted by Crippen LogP contribution is -2.70.